The Kier molecular flexibility index (Phi) is 7.94. The molecule has 2 N–H and O–H groups in total. The Morgan fingerprint density at radius 2 is 2.20 bits per heavy atom. The third-order valence-corrected chi connectivity index (χ3v) is 5.31. The van der Waals surface area contributed by atoms with Crippen molar-refractivity contribution < 1.29 is 9.18 Å². The van der Waals surface area contributed by atoms with Crippen molar-refractivity contribution in [2.75, 3.05) is 26.2 Å². The highest BCUT2D eigenvalue weighted by Gasteiger charge is 2.24. The van der Waals surface area contributed by atoms with Crippen molar-refractivity contribution in [2.45, 2.75) is 38.3 Å². The fourth-order valence-electron chi connectivity index (χ4n) is 3.63. The van der Waals surface area contributed by atoms with Crippen molar-refractivity contribution in [2.24, 2.45) is 5.92 Å². The average Bonchev–Trinajstić information content (AvgIpc) is 3.10. The lowest BCUT2D eigenvalue weighted by molar-refractivity contribution is -0.123. The lowest BCUT2D eigenvalue weighted by atomic mass is 9.97. The quantitative estimate of drug-likeness (QED) is 0.813. The van der Waals surface area contributed by atoms with Crippen molar-refractivity contribution in [3.8, 4) is 0 Å². The van der Waals surface area contributed by atoms with E-state index in [4.69, 9.17) is 11.6 Å². The van der Waals surface area contributed by atoms with Crippen LogP contribution in [-0.4, -0.2) is 43.0 Å². The summed E-state index contributed by atoms with van der Waals surface area (Å²) in [4.78, 5) is 14.4. The lowest BCUT2D eigenvalue weighted by Crippen LogP contribution is -2.45. The van der Waals surface area contributed by atoms with E-state index in [0.717, 1.165) is 64.0 Å². The summed E-state index contributed by atoms with van der Waals surface area (Å²) in [5.74, 6) is 0.290. The number of carbonyl (C=O) groups is 1. The first kappa shape index (κ1) is 20.4. The first-order valence-corrected chi connectivity index (χ1v) is 9.17. The number of benzene rings is 1. The van der Waals surface area contributed by atoms with Crippen LogP contribution in [0.1, 0.15) is 31.2 Å². The second kappa shape index (κ2) is 9.72. The van der Waals surface area contributed by atoms with Crippen LogP contribution in [-0.2, 0) is 11.3 Å². The summed E-state index contributed by atoms with van der Waals surface area (Å²) in [5, 5.41) is 6.81. The normalized spacial score (nSPS) is 23.9. The van der Waals surface area contributed by atoms with Crippen molar-refractivity contribution >= 4 is 29.9 Å². The van der Waals surface area contributed by atoms with Crippen LogP contribution in [0.3, 0.4) is 0 Å². The molecular formula is C18H26Cl2FN3O. The smallest absolute Gasteiger partial charge is 0.237 e. The molecule has 0 radical (unpaired) electrons. The zero-order valence-corrected chi connectivity index (χ0v) is 15.8. The van der Waals surface area contributed by atoms with Gasteiger partial charge >= 0.3 is 0 Å². The molecule has 140 valence electrons. The summed E-state index contributed by atoms with van der Waals surface area (Å²) in [7, 11) is 0. The van der Waals surface area contributed by atoms with E-state index in [1.807, 2.05) is 0 Å². The van der Waals surface area contributed by atoms with E-state index in [0.29, 0.717) is 10.9 Å². The molecule has 0 saturated carbocycles. The highest BCUT2D eigenvalue weighted by Crippen LogP contribution is 2.23. The van der Waals surface area contributed by atoms with Crippen molar-refractivity contribution in [3.63, 3.8) is 0 Å². The van der Waals surface area contributed by atoms with Crippen LogP contribution in [0, 0.1) is 11.7 Å². The monoisotopic (exact) mass is 389 g/mol. The molecule has 0 aromatic heterocycles. The van der Waals surface area contributed by atoms with Gasteiger partial charge in [0.05, 0.1) is 6.04 Å². The Labute approximate surface area is 159 Å². The van der Waals surface area contributed by atoms with Crippen LogP contribution >= 0.6 is 24.0 Å². The molecule has 2 fully saturated rings. The number of piperidine rings is 1. The van der Waals surface area contributed by atoms with Crippen LogP contribution in [0.4, 0.5) is 4.39 Å². The van der Waals surface area contributed by atoms with Gasteiger partial charge in [0.15, 0.2) is 0 Å². The highest BCUT2D eigenvalue weighted by atomic mass is 35.5. The Balaban J connectivity index is 0.00000225. The molecule has 0 spiro atoms. The molecule has 2 aliphatic heterocycles. The summed E-state index contributed by atoms with van der Waals surface area (Å²) in [6, 6.07) is 4.57. The second-order valence-electron chi connectivity index (χ2n) is 6.87. The molecule has 3 rings (SSSR count). The van der Waals surface area contributed by atoms with Crippen LogP contribution in [0.2, 0.25) is 5.02 Å². The molecule has 25 heavy (non-hydrogen) atoms. The van der Waals surface area contributed by atoms with Crippen LogP contribution in [0.15, 0.2) is 18.2 Å². The van der Waals surface area contributed by atoms with Gasteiger partial charge in [-0.25, -0.2) is 4.39 Å². The van der Waals surface area contributed by atoms with Gasteiger partial charge in [0.25, 0.3) is 0 Å². The largest absolute Gasteiger partial charge is 0.354 e. The summed E-state index contributed by atoms with van der Waals surface area (Å²) in [6.07, 6.45) is 4.26. The zero-order valence-electron chi connectivity index (χ0n) is 14.3. The van der Waals surface area contributed by atoms with Crippen molar-refractivity contribution in [3.05, 3.63) is 34.6 Å². The summed E-state index contributed by atoms with van der Waals surface area (Å²) in [5.41, 5.74) is 0.956. The molecule has 1 amide bonds. The van der Waals surface area contributed by atoms with Gasteiger partial charge in [-0.2, -0.15) is 0 Å². The van der Waals surface area contributed by atoms with E-state index >= 15 is 0 Å². The van der Waals surface area contributed by atoms with E-state index in [1.54, 1.807) is 6.07 Å². The van der Waals surface area contributed by atoms with E-state index < -0.39 is 0 Å². The van der Waals surface area contributed by atoms with E-state index in [1.165, 1.54) is 12.1 Å². The first-order valence-electron chi connectivity index (χ1n) is 8.79. The standard InChI is InChI=1S/C18H25ClFN3O.ClH/c19-16-9-15(20)6-5-14(16)12-23-8-2-3-13(11-23)10-22-18(24)17-4-1-7-21-17;/h5-6,9,13,17,21H,1-4,7-8,10-12H2,(H,22,24);1H. The van der Waals surface area contributed by atoms with Gasteiger partial charge in [-0.05, 0) is 62.4 Å². The number of hydrogen-bond acceptors (Lipinski definition) is 3. The Morgan fingerprint density at radius 3 is 2.92 bits per heavy atom. The van der Waals surface area contributed by atoms with E-state index in [2.05, 4.69) is 15.5 Å². The Hall–Kier alpha value is -0.880. The van der Waals surface area contributed by atoms with Gasteiger partial charge in [-0.1, -0.05) is 17.7 Å². The maximum atomic E-state index is 13.1. The highest BCUT2D eigenvalue weighted by molar-refractivity contribution is 6.31. The van der Waals surface area contributed by atoms with Gasteiger partial charge in [-0.15, -0.1) is 12.4 Å². The van der Waals surface area contributed by atoms with Crippen molar-refractivity contribution in [1.29, 1.82) is 0 Å². The first-order chi connectivity index (χ1) is 11.6. The summed E-state index contributed by atoms with van der Waals surface area (Å²) >= 11 is 6.13. The zero-order chi connectivity index (χ0) is 16.9. The van der Waals surface area contributed by atoms with Gasteiger partial charge in [-0.3, -0.25) is 9.69 Å². The number of carbonyl (C=O) groups excluding carboxylic acids is 1. The number of hydrogen-bond donors (Lipinski definition) is 2. The third kappa shape index (κ3) is 5.81. The SMILES string of the molecule is Cl.O=C(NCC1CCCN(Cc2ccc(F)cc2Cl)C1)C1CCCN1. The molecule has 7 heteroatoms. The van der Waals surface area contributed by atoms with Gasteiger partial charge in [0, 0.05) is 24.7 Å². The van der Waals surface area contributed by atoms with Crippen LogP contribution < -0.4 is 10.6 Å². The van der Waals surface area contributed by atoms with E-state index in [-0.39, 0.29) is 30.2 Å². The Morgan fingerprint density at radius 1 is 1.36 bits per heavy atom. The Bertz CT molecular complexity index is 581. The molecule has 2 aliphatic rings. The fourth-order valence-corrected chi connectivity index (χ4v) is 3.86. The maximum absolute atomic E-state index is 13.1. The van der Waals surface area contributed by atoms with Gasteiger partial charge in [0.1, 0.15) is 5.82 Å². The minimum Gasteiger partial charge on any atom is -0.354 e. The summed E-state index contributed by atoms with van der Waals surface area (Å²) in [6.45, 7) is 4.35. The molecule has 2 unspecified atom stereocenters. The second-order valence-corrected chi connectivity index (χ2v) is 7.28. The number of nitrogens with zero attached hydrogens (tertiary/aromatic N) is 1. The molecule has 0 bridgehead atoms. The molecular weight excluding hydrogens is 364 g/mol. The minimum atomic E-state index is -0.302. The third-order valence-electron chi connectivity index (χ3n) is 4.95. The molecule has 2 atom stereocenters. The summed E-state index contributed by atoms with van der Waals surface area (Å²) < 4.78 is 13.1. The average molecular weight is 390 g/mol. The number of halogens is 3. The molecule has 4 nitrogen and oxygen atoms in total. The maximum Gasteiger partial charge on any atom is 0.237 e. The minimum absolute atomic E-state index is 0. The number of nitrogens with one attached hydrogen (secondary N) is 2. The molecule has 2 heterocycles. The predicted molar refractivity (Wildman–Crippen MR) is 101 cm³/mol. The van der Waals surface area contributed by atoms with Crippen LogP contribution in [0.5, 0.6) is 0 Å². The van der Waals surface area contributed by atoms with E-state index in [9.17, 15) is 9.18 Å². The fraction of sp³-hybridized carbons (Fsp3) is 0.611. The topological polar surface area (TPSA) is 44.4 Å². The number of amides is 1. The van der Waals surface area contributed by atoms with Gasteiger partial charge in [0.2, 0.25) is 5.91 Å². The van der Waals surface area contributed by atoms with Gasteiger partial charge < -0.3 is 10.6 Å². The molecule has 0 aliphatic carbocycles. The van der Waals surface area contributed by atoms with Crippen molar-refractivity contribution in [1.82, 2.24) is 15.5 Å². The molecule has 2 saturated heterocycles. The number of rotatable bonds is 5. The molecule has 1 aromatic rings. The lowest BCUT2D eigenvalue weighted by Gasteiger charge is -2.33. The number of likely N-dealkylation sites (tertiary alicyclic amines) is 1. The molecule has 1 aromatic carbocycles. The predicted octanol–water partition coefficient (Wildman–Crippen LogP) is 2.98. The van der Waals surface area contributed by atoms with Crippen LogP contribution in [0.25, 0.3) is 0 Å².